The number of ketones is 1. The van der Waals surface area contributed by atoms with E-state index in [1.807, 2.05) is 4.90 Å². The summed E-state index contributed by atoms with van der Waals surface area (Å²) in [5, 5.41) is 0. The van der Waals surface area contributed by atoms with Gasteiger partial charge in [-0.3, -0.25) is 9.59 Å². The van der Waals surface area contributed by atoms with Crippen LogP contribution in [0.25, 0.3) is 0 Å². The summed E-state index contributed by atoms with van der Waals surface area (Å²) in [6.07, 6.45) is 0.966. The highest BCUT2D eigenvalue weighted by atomic mass is 35.5. The van der Waals surface area contributed by atoms with Crippen LogP contribution in [0, 0.1) is 5.92 Å². The van der Waals surface area contributed by atoms with Crippen molar-refractivity contribution >= 4 is 24.1 Å². The van der Waals surface area contributed by atoms with Gasteiger partial charge in [-0.05, 0) is 44.9 Å². The normalized spacial score (nSPS) is 21.4. The molecule has 0 spiro atoms. The van der Waals surface area contributed by atoms with Crippen molar-refractivity contribution < 1.29 is 9.59 Å². The highest BCUT2D eigenvalue weighted by Crippen LogP contribution is 2.24. The third kappa shape index (κ3) is 3.38. The van der Waals surface area contributed by atoms with Crippen LogP contribution in [0.3, 0.4) is 0 Å². The first-order valence-electron chi connectivity index (χ1n) is 6.65. The van der Waals surface area contributed by atoms with Crippen LogP contribution in [-0.4, -0.2) is 35.7 Å². The summed E-state index contributed by atoms with van der Waals surface area (Å²) in [6, 6.07) is 7.09. The van der Waals surface area contributed by atoms with E-state index in [0.29, 0.717) is 23.6 Å². The molecule has 110 valence electrons. The van der Waals surface area contributed by atoms with E-state index >= 15 is 0 Å². The van der Waals surface area contributed by atoms with E-state index in [4.69, 9.17) is 5.73 Å². The van der Waals surface area contributed by atoms with E-state index in [0.717, 1.165) is 13.0 Å². The molecule has 0 radical (unpaired) electrons. The summed E-state index contributed by atoms with van der Waals surface area (Å²) in [7, 11) is 0. The number of rotatable bonds is 3. The van der Waals surface area contributed by atoms with Crippen molar-refractivity contribution in [3.8, 4) is 0 Å². The fraction of sp³-hybridized carbons (Fsp3) is 0.467. The molecule has 0 aromatic heterocycles. The van der Waals surface area contributed by atoms with Gasteiger partial charge in [0.25, 0.3) is 5.91 Å². The van der Waals surface area contributed by atoms with Gasteiger partial charge in [0.1, 0.15) is 0 Å². The summed E-state index contributed by atoms with van der Waals surface area (Å²) in [6.45, 7) is 4.92. The summed E-state index contributed by atoms with van der Waals surface area (Å²) < 4.78 is 0. The maximum atomic E-state index is 12.4. The van der Waals surface area contributed by atoms with E-state index in [9.17, 15) is 9.59 Å². The quantitative estimate of drug-likeness (QED) is 0.869. The molecule has 0 bridgehead atoms. The van der Waals surface area contributed by atoms with Crippen LogP contribution >= 0.6 is 12.4 Å². The Morgan fingerprint density at radius 3 is 2.25 bits per heavy atom. The second kappa shape index (κ2) is 6.86. The monoisotopic (exact) mass is 296 g/mol. The van der Waals surface area contributed by atoms with Crippen molar-refractivity contribution in [3.05, 3.63) is 35.4 Å². The molecule has 5 heteroatoms. The Morgan fingerprint density at radius 2 is 1.80 bits per heavy atom. The lowest BCUT2D eigenvalue weighted by atomic mass is 10.1. The van der Waals surface area contributed by atoms with Crippen molar-refractivity contribution in [3.63, 3.8) is 0 Å². The number of benzene rings is 1. The average Bonchev–Trinajstić information content (AvgIpc) is 2.79. The van der Waals surface area contributed by atoms with Crippen LogP contribution in [0.4, 0.5) is 0 Å². The van der Waals surface area contributed by atoms with Gasteiger partial charge in [-0.25, -0.2) is 0 Å². The average molecular weight is 297 g/mol. The third-order valence-electron chi connectivity index (χ3n) is 3.79. The molecule has 1 aromatic rings. The smallest absolute Gasteiger partial charge is 0.254 e. The van der Waals surface area contributed by atoms with Gasteiger partial charge in [-0.2, -0.15) is 0 Å². The SMILES string of the molecule is CC(=O)c1ccc(C(=O)N2CC(CN)CC2C)cc1.Cl. The number of hydrogen-bond acceptors (Lipinski definition) is 3. The minimum Gasteiger partial charge on any atom is -0.336 e. The summed E-state index contributed by atoms with van der Waals surface area (Å²) in [5.74, 6) is 0.436. The van der Waals surface area contributed by atoms with Crippen molar-refractivity contribution in [2.75, 3.05) is 13.1 Å². The highest BCUT2D eigenvalue weighted by molar-refractivity contribution is 5.97. The molecule has 2 rings (SSSR count). The first-order valence-corrected chi connectivity index (χ1v) is 6.65. The maximum absolute atomic E-state index is 12.4. The molecule has 1 fully saturated rings. The van der Waals surface area contributed by atoms with Gasteiger partial charge < -0.3 is 10.6 Å². The molecule has 20 heavy (non-hydrogen) atoms. The molecule has 4 nitrogen and oxygen atoms in total. The Balaban J connectivity index is 0.00000200. The topological polar surface area (TPSA) is 63.4 Å². The molecular formula is C15H21ClN2O2. The fourth-order valence-electron chi connectivity index (χ4n) is 2.61. The lowest BCUT2D eigenvalue weighted by Gasteiger charge is -2.21. The van der Waals surface area contributed by atoms with Crippen molar-refractivity contribution in [2.45, 2.75) is 26.3 Å². The zero-order valence-electron chi connectivity index (χ0n) is 11.8. The molecule has 2 atom stereocenters. The van der Waals surface area contributed by atoms with Crippen LogP contribution in [0.1, 0.15) is 41.0 Å². The Kier molecular flexibility index (Phi) is 5.72. The van der Waals surface area contributed by atoms with Gasteiger partial charge in [0.05, 0.1) is 0 Å². The first-order chi connectivity index (χ1) is 9.02. The Hall–Kier alpha value is -1.39. The van der Waals surface area contributed by atoms with E-state index < -0.39 is 0 Å². The number of nitrogens with zero attached hydrogens (tertiary/aromatic N) is 1. The van der Waals surface area contributed by atoms with E-state index in [2.05, 4.69) is 6.92 Å². The van der Waals surface area contributed by atoms with Gasteiger partial charge in [0.2, 0.25) is 0 Å². The van der Waals surface area contributed by atoms with Gasteiger partial charge >= 0.3 is 0 Å². The Morgan fingerprint density at radius 1 is 1.25 bits per heavy atom. The van der Waals surface area contributed by atoms with E-state index in [1.165, 1.54) is 6.92 Å². The maximum Gasteiger partial charge on any atom is 0.254 e. The van der Waals surface area contributed by atoms with Crippen molar-refractivity contribution in [1.29, 1.82) is 0 Å². The van der Waals surface area contributed by atoms with Gasteiger partial charge in [0, 0.05) is 23.7 Å². The van der Waals surface area contributed by atoms with Gasteiger partial charge in [-0.1, -0.05) is 12.1 Å². The highest BCUT2D eigenvalue weighted by Gasteiger charge is 2.31. The predicted molar refractivity (Wildman–Crippen MR) is 81.4 cm³/mol. The zero-order chi connectivity index (χ0) is 14.0. The largest absolute Gasteiger partial charge is 0.336 e. The zero-order valence-corrected chi connectivity index (χ0v) is 12.7. The van der Waals surface area contributed by atoms with Crippen LogP contribution in [0.15, 0.2) is 24.3 Å². The molecule has 0 saturated carbocycles. The Labute approximate surface area is 125 Å². The minimum atomic E-state index is 0. The third-order valence-corrected chi connectivity index (χ3v) is 3.79. The molecule has 1 aliphatic heterocycles. The minimum absolute atomic E-state index is 0. The number of carbonyl (C=O) groups is 2. The van der Waals surface area contributed by atoms with Gasteiger partial charge in [-0.15, -0.1) is 12.4 Å². The molecule has 1 amide bonds. The van der Waals surface area contributed by atoms with Crippen LogP contribution in [-0.2, 0) is 0 Å². The number of nitrogens with two attached hydrogens (primary N) is 1. The molecule has 1 aliphatic rings. The molecule has 2 N–H and O–H groups in total. The predicted octanol–water partition coefficient (Wildman–Crippen LogP) is 2.12. The second-order valence-corrected chi connectivity index (χ2v) is 5.28. The van der Waals surface area contributed by atoms with E-state index in [-0.39, 0.29) is 30.1 Å². The molecular weight excluding hydrogens is 276 g/mol. The summed E-state index contributed by atoms with van der Waals surface area (Å²) in [5.41, 5.74) is 6.94. The first kappa shape index (κ1) is 16.7. The molecule has 2 unspecified atom stereocenters. The van der Waals surface area contributed by atoms with Crippen LogP contribution in [0.2, 0.25) is 0 Å². The van der Waals surface area contributed by atoms with E-state index in [1.54, 1.807) is 24.3 Å². The molecule has 0 aliphatic carbocycles. The number of halogens is 1. The molecule has 1 heterocycles. The number of hydrogen-bond donors (Lipinski definition) is 1. The number of likely N-dealkylation sites (tertiary alicyclic amines) is 1. The van der Waals surface area contributed by atoms with Crippen LogP contribution in [0.5, 0.6) is 0 Å². The number of amides is 1. The van der Waals surface area contributed by atoms with Gasteiger partial charge in [0.15, 0.2) is 5.78 Å². The molecule has 1 aromatic carbocycles. The van der Waals surface area contributed by atoms with Crippen molar-refractivity contribution in [1.82, 2.24) is 4.90 Å². The van der Waals surface area contributed by atoms with Crippen molar-refractivity contribution in [2.24, 2.45) is 11.7 Å². The number of Topliss-reactive ketones (excluding diaryl/α,β-unsaturated/α-hetero) is 1. The Bertz CT molecular complexity index is 487. The summed E-state index contributed by atoms with van der Waals surface area (Å²) >= 11 is 0. The second-order valence-electron chi connectivity index (χ2n) is 5.28. The number of carbonyl (C=O) groups excluding carboxylic acids is 2. The standard InChI is InChI=1S/C15H20N2O2.ClH/c1-10-7-12(8-16)9-17(10)15(19)14-5-3-13(4-6-14)11(2)18;/h3-6,10,12H,7-9,16H2,1-2H3;1H. The fourth-order valence-corrected chi connectivity index (χ4v) is 2.61. The van der Waals surface area contributed by atoms with Crippen LogP contribution < -0.4 is 5.73 Å². The molecule has 1 saturated heterocycles. The summed E-state index contributed by atoms with van der Waals surface area (Å²) in [4.78, 5) is 25.5. The lowest BCUT2D eigenvalue weighted by molar-refractivity contribution is 0.0743. The lowest BCUT2D eigenvalue weighted by Crippen LogP contribution is -2.34.